The van der Waals surface area contributed by atoms with Gasteiger partial charge in [-0.3, -0.25) is 9.59 Å². The Hall–Kier alpha value is -2.25. The molecule has 0 fully saturated rings. The Morgan fingerprint density at radius 2 is 1.76 bits per heavy atom. The third-order valence-corrected chi connectivity index (χ3v) is 2.45. The van der Waals surface area contributed by atoms with Crippen molar-refractivity contribution in [2.45, 2.75) is 25.6 Å². The summed E-state index contributed by atoms with van der Waals surface area (Å²) < 4.78 is 39.5. The van der Waals surface area contributed by atoms with E-state index in [1.807, 2.05) is 0 Å². The summed E-state index contributed by atoms with van der Waals surface area (Å²) >= 11 is 0. The number of unbranched alkanes of at least 4 members (excludes halogenated alkanes) is 1. The molecule has 0 atom stereocenters. The molecule has 0 heterocycles. The smallest absolute Gasteiger partial charge is 0.481 e. The lowest BCUT2D eigenvalue weighted by Crippen LogP contribution is -2.24. The Morgan fingerprint density at radius 3 is 2.29 bits per heavy atom. The number of nitrogens with one attached hydrogen (secondary N) is 1. The minimum absolute atomic E-state index is 0.0271. The number of amides is 1. The van der Waals surface area contributed by atoms with Crippen molar-refractivity contribution in [3.05, 3.63) is 29.8 Å². The summed E-state index contributed by atoms with van der Waals surface area (Å²) in [5, 5.41) is 11.0. The van der Waals surface area contributed by atoms with Gasteiger partial charge in [0.05, 0.1) is 0 Å². The molecule has 8 heteroatoms. The SMILES string of the molecule is O=C(O)CCCCNC(=O)c1ccc(OC(F)(F)F)cc1. The Morgan fingerprint density at radius 1 is 1.14 bits per heavy atom. The van der Waals surface area contributed by atoms with Crippen LogP contribution in [-0.4, -0.2) is 29.9 Å². The molecule has 0 saturated carbocycles. The molecule has 1 aromatic rings. The van der Waals surface area contributed by atoms with Gasteiger partial charge in [-0.25, -0.2) is 0 Å². The maximum Gasteiger partial charge on any atom is 0.573 e. The number of ether oxygens (including phenoxy) is 1. The topological polar surface area (TPSA) is 75.6 Å². The van der Waals surface area contributed by atoms with E-state index in [0.717, 1.165) is 12.1 Å². The number of rotatable bonds is 7. The molecule has 1 rings (SSSR count). The number of benzene rings is 1. The summed E-state index contributed by atoms with van der Waals surface area (Å²) in [6.07, 6.45) is -3.80. The predicted octanol–water partition coefficient (Wildman–Crippen LogP) is 2.57. The summed E-state index contributed by atoms with van der Waals surface area (Å²) in [4.78, 5) is 21.9. The van der Waals surface area contributed by atoms with Gasteiger partial charge >= 0.3 is 12.3 Å². The van der Waals surface area contributed by atoms with Crippen LogP contribution >= 0.6 is 0 Å². The molecule has 0 aliphatic carbocycles. The van der Waals surface area contributed by atoms with E-state index in [-0.39, 0.29) is 12.0 Å². The van der Waals surface area contributed by atoms with E-state index in [9.17, 15) is 22.8 Å². The van der Waals surface area contributed by atoms with Gasteiger partial charge in [0.15, 0.2) is 0 Å². The van der Waals surface area contributed by atoms with Crippen LogP contribution in [0.1, 0.15) is 29.6 Å². The lowest BCUT2D eigenvalue weighted by atomic mass is 10.2. The van der Waals surface area contributed by atoms with Crippen LogP contribution in [-0.2, 0) is 4.79 Å². The zero-order valence-corrected chi connectivity index (χ0v) is 10.9. The Bertz CT molecular complexity index is 485. The average Bonchev–Trinajstić information content (AvgIpc) is 2.36. The first-order chi connectivity index (χ1) is 9.78. The number of halogens is 3. The summed E-state index contributed by atoms with van der Waals surface area (Å²) in [5.74, 6) is -1.74. The largest absolute Gasteiger partial charge is 0.573 e. The molecule has 0 spiro atoms. The highest BCUT2D eigenvalue weighted by Gasteiger charge is 2.31. The molecule has 0 aliphatic heterocycles. The second kappa shape index (κ2) is 7.51. The van der Waals surface area contributed by atoms with Crippen molar-refractivity contribution in [3.8, 4) is 5.75 Å². The van der Waals surface area contributed by atoms with Crippen molar-refractivity contribution in [3.63, 3.8) is 0 Å². The number of carboxylic acid groups (broad SMARTS) is 1. The molecule has 0 unspecified atom stereocenters. The van der Waals surface area contributed by atoms with Gasteiger partial charge in [-0.1, -0.05) is 0 Å². The Kier molecular flexibility index (Phi) is 6.01. The maximum absolute atomic E-state index is 12.0. The molecule has 1 aromatic carbocycles. The van der Waals surface area contributed by atoms with Crippen LogP contribution in [0.15, 0.2) is 24.3 Å². The van der Waals surface area contributed by atoms with E-state index in [1.165, 1.54) is 12.1 Å². The van der Waals surface area contributed by atoms with Gasteiger partial charge < -0.3 is 15.2 Å². The van der Waals surface area contributed by atoms with Crippen molar-refractivity contribution in [2.24, 2.45) is 0 Å². The second-order valence-corrected chi connectivity index (χ2v) is 4.18. The summed E-state index contributed by atoms with van der Waals surface area (Å²) in [7, 11) is 0. The molecule has 0 bridgehead atoms. The average molecular weight is 305 g/mol. The summed E-state index contributed by atoms with van der Waals surface area (Å²) in [6.45, 7) is 0.299. The Labute approximate surface area is 118 Å². The number of hydrogen-bond donors (Lipinski definition) is 2. The molecule has 116 valence electrons. The third kappa shape index (κ3) is 7.19. The number of carbonyl (C=O) groups is 2. The zero-order valence-electron chi connectivity index (χ0n) is 10.9. The highest BCUT2D eigenvalue weighted by Crippen LogP contribution is 2.22. The van der Waals surface area contributed by atoms with E-state index >= 15 is 0 Å². The quantitative estimate of drug-likeness (QED) is 0.759. The Balaban J connectivity index is 2.39. The van der Waals surface area contributed by atoms with Gasteiger partial charge in [0.25, 0.3) is 5.91 Å². The first-order valence-corrected chi connectivity index (χ1v) is 6.14. The van der Waals surface area contributed by atoms with Gasteiger partial charge in [0.2, 0.25) is 0 Å². The van der Waals surface area contributed by atoms with Crippen molar-refractivity contribution in [1.82, 2.24) is 5.32 Å². The minimum Gasteiger partial charge on any atom is -0.481 e. The number of aliphatic carboxylic acids is 1. The van der Waals surface area contributed by atoms with Crippen LogP contribution in [0.3, 0.4) is 0 Å². The van der Waals surface area contributed by atoms with Crippen LogP contribution < -0.4 is 10.1 Å². The van der Waals surface area contributed by atoms with E-state index < -0.39 is 24.0 Å². The van der Waals surface area contributed by atoms with E-state index in [1.54, 1.807) is 0 Å². The fraction of sp³-hybridized carbons (Fsp3) is 0.385. The molecule has 0 aromatic heterocycles. The zero-order chi connectivity index (χ0) is 15.9. The standard InChI is InChI=1S/C13H14F3NO4/c14-13(15,16)21-10-6-4-9(5-7-10)12(20)17-8-2-1-3-11(18)19/h4-7H,1-3,8H2,(H,17,20)(H,18,19). The second-order valence-electron chi connectivity index (χ2n) is 4.18. The molecule has 2 N–H and O–H groups in total. The number of hydrogen-bond acceptors (Lipinski definition) is 3. The van der Waals surface area contributed by atoms with Crippen LogP contribution in [0.2, 0.25) is 0 Å². The highest BCUT2D eigenvalue weighted by atomic mass is 19.4. The van der Waals surface area contributed by atoms with Crippen molar-refractivity contribution >= 4 is 11.9 Å². The van der Waals surface area contributed by atoms with E-state index in [2.05, 4.69) is 10.1 Å². The monoisotopic (exact) mass is 305 g/mol. The fourth-order valence-electron chi connectivity index (χ4n) is 1.51. The fourth-order valence-corrected chi connectivity index (χ4v) is 1.51. The van der Waals surface area contributed by atoms with Crippen LogP contribution in [0.4, 0.5) is 13.2 Å². The molecule has 0 aliphatic rings. The summed E-state index contributed by atoms with van der Waals surface area (Å²) in [5.41, 5.74) is 0.197. The summed E-state index contributed by atoms with van der Waals surface area (Å²) in [6, 6.07) is 4.53. The normalized spacial score (nSPS) is 11.0. The van der Waals surface area contributed by atoms with Crippen LogP contribution in [0.5, 0.6) is 5.75 Å². The minimum atomic E-state index is -4.77. The predicted molar refractivity (Wildman–Crippen MR) is 66.9 cm³/mol. The third-order valence-electron chi connectivity index (χ3n) is 2.45. The van der Waals surface area contributed by atoms with Crippen molar-refractivity contribution < 1.29 is 32.6 Å². The van der Waals surface area contributed by atoms with Crippen molar-refractivity contribution in [2.75, 3.05) is 6.54 Å². The van der Waals surface area contributed by atoms with Crippen LogP contribution in [0, 0.1) is 0 Å². The number of carboxylic acids is 1. The molecular formula is C13H14F3NO4. The van der Waals surface area contributed by atoms with Gasteiger partial charge in [-0.05, 0) is 37.1 Å². The van der Waals surface area contributed by atoms with Gasteiger partial charge in [0, 0.05) is 18.5 Å². The molecular weight excluding hydrogens is 291 g/mol. The first-order valence-electron chi connectivity index (χ1n) is 6.14. The van der Waals surface area contributed by atoms with E-state index in [4.69, 9.17) is 5.11 Å². The molecule has 1 amide bonds. The van der Waals surface area contributed by atoms with Gasteiger partial charge in [-0.2, -0.15) is 0 Å². The van der Waals surface area contributed by atoms with Gasteiger partial charge in [-0.15, -0.1) is 13.2 Å². The lowest BCUT2D eigenvalue weighted by Gasteiger charge is -2.09. The maximum atomic E-state index is 12.0. The van der Waals surface area contributed by atoms with Crippen LogP contribution in [0.25, 0.3) is 0 Å². The molecule has 5 nitrogen and oxygen atoms in total. The highest BCUT2D eigenvalue weighted by molar-refractivity contribution is 5.94. The molecule has 21 heavy (non-hydrogen) atoms. The van der Waals surface area contributed by atoms with Crippen molar-refractivity contribution in [1.29, 1.82) is 0 Å². The van der Waals surface area contributed by atoms with Gasteiger partial charge in [0.1, 0.15) is 5.75 Å². The van der Waals surface area contributed by atoms with E-state index in [0.29, 0.717) is 19.4 Å². The molecule has 0 radical (unpaired) electrons. The first kappa shape index (κ1) is 16.8. The lowest BCUT2D eigenvalue weighted by molar-refractivity contribution is -0.274. The number of alkyl halides is 3. The number of carbonyl (C=O) groups excluding carboxylic acids is 1. The molecule has 0 saturated heterocycles.